The zero-order chi connectivity index (χ0) is 10.9. The summed E-state index contributed by atoms with van der Waals surface area (Å²) in [5, 5.41) is 19.7. The molecule has 0 aliphatic heterocycles. The first-order valence-electron chi connectivity index (χ1n) is 5.80. The van der Waals surface area contributed by atoms with E-state index in [2.05, 4.69) is 12.0 Å². The standard InChI is InChI=1S/C13H17NO/c1-2-13(15,12(10-14)8-9-12)11-6-4-3-5-7-11/h1,11,15H,3-9H2/t13-/m0/s1. The van der Waals surface area contributed by atoms with Crippen LogP contribution < -0.4 is 0 Å². The summed E-state index contributed by atoms with van der Waals surface area (Å²) in [5.41, 5.74) is -1.79. The van der Waals surface area contributed by atoms with Gasteiger partial charge in [-0.25, -0.2) is 0 Å². The molecular weight excluding hydrogens is 186 g/mol. The highest BCUT2D eigenvalue weighted by Gasteiger charge is 2.62. The minimum atomic E-state index is -1.16. The van der Waals surface area contributed by atoms with Crippen LogP contribution in [0.5, 0.6) is 0 Å². The number of aliphatic hydroxyl groups is 1. The van der Waals surface area contributed by atoms with Crippen molar-refractivity contribution in [2.45, 2.75) is 50.5 Å². The summed E-state index contributed by atoms with van der Waals surface area (Å²) in [6.45, 7) is 0. The highest BCUT2D eigenvalue weighted by molar-refractivity contribution is 5.31. The predicted octanol–water partition coefficient (Wildman–Crippen LogP) is 2.23. The van der Waals surface area contributed by atoms with Crippen LogP contribution in [0.15, 0.2) is 0 Å². The molecule has 2 saturated carbocycles. The lowest BCUT2D eigenvalue weighted by Crippen LogP contribution is -2.45. The van der Waals surface area contributed by atoms with Crippen LogP contribution in [0.25, 0.3) is 0 Å². The van der Waals surface area contributed by atoms with Gasteiger partial charge in [0, 0.05) is 5.92 Å². The first kappa shape index (κ1) is 10.5. The van der Waals surface area contributed by atoms with Crippen molar-refractivity contribution in [3.8, 4) is 18.4 Å². The van der Waals surface area contributed by atoms with Gasteiger partial charge in [0.15, 0.2) is 0 Å². The number of terminal acetylenes is 1. The Bertz CT molecular complexity index is 325. The molecule has 0 spiro atoms. The van der Waals surface area contributed by atoms with E-state index in [4.69, 9.17) is 11.7 Å². The van der Waals surface area contributed by atoms with E-state index in [0.717, 1.165) is 38.5 Å². The lowest BCUT2D eigenvalue weighted by atomic mass is 9.69. The van der Waals surface area contributed by atoms with Crippen molar-refractivity contribution >= 4 is 0 Å². The van der Waals surface area contributed by atoms with Crippen LogP contribution in [0, 0.1) is 35.0 Å². The van der Waals surface area contributed by atoms with Crippen molar-refractivity contribution in [3.05, 3.63) is 0 Å². The minimum absolute atomic E-state index is 0.137. The molecule has 0 bridgehead atoms. The third-order valence-corrected chi connectivity index (χ3v) is 4.11. The van der Waals surface area contributed by atoms with E-state index >= 15 is 0 Å². The van der Waals surface area contributed by atoms with E-state index in [1.54, 1.807) is 0 Å². The highest BCUT2D eigenvalue weighted by Crippen LogP contribution is 2.58. The molecule has 0 unspecified atom stereocenters. The number of nitrogens with zero attached hydrogens (tertiary/aromatic N) is 1. The fourth-order valence-electron chi connectivity index (χ4n) is 2.87. The SMILES string of the molecule is C#C[C@](O)(C1CCCCC1)C1(C#N)CC1. The fourth-order valence-corrected chi connectivity index (χ4v) is 2.87. The van der Waals surface area contributed by atoms with Gasteiger partial charge in [-0.2, -0.15) is 5.26 Å². The average Bonchev–Trinajstić information content (AvgIpc) is 3.10. The molecule has 2 rings (SSSR count). The van der Waals surface area contributed by atoms with Crippen LogP contribution >= 0.6 is 0 Å². The molecule has 15 heavy (non-hydrogen) atoms. The Morgan fingerprint density at radius 2 is 1.87 bits per heavy atom. The second-order valence-corrected chi connectivity index (χ2v) is 4.94. The molecule has 0 saturated heterocycles. The number of hydrogen-bond acceptors (Lipinski definition) is 2. The van der Waals surface area contributed by atoms with Gasteiger partial charge >= 0.3 is 0 Å². The summed E-state index contributed by atoms with van der Waals surface area (Å²) in [4.78, 5) is 0. The van der Waals surface area contributed by atoms with Gasteiger partial charge in [-0.15, -0.1) is 6.42 Å². The molecular formula is C13H17NO. The maximum atomic E-state index is 10.6. The molecule has 80 valence electrons. The molecule has 0 aromatic carbocycles. The Morgan fingerprint density at radius 3 is 2.27 bits per heavy atom. The molecule has 0 aromatic heterocycles. The van der Waals surface area contributed by atoms with Crippen LogP contribution in [-0.2, 0) is 0 Å². The maximum absolute atomic E-state index is 10.6. The van der Waals surface area contributed by atoms with Gasteiger partial charge in [0.25, 0.3) is 0 Å². The van der Waals surface area contributed by atoms with Crippen LogP contribution in [0.2, 0.25) is 0 Å². The Hall–Kier alpha value is -0.990. The monoisotopic (exact) mass is 203 g/mol. The summed E-state index contributed by atoms with van der Waals surface area (Å²) in [7, 11) is 0. The lowest BCUT2D eigenvalue weighted by Gasteiger charge is -2.37. The first-order chi connectivity index (χ1) is 7.18. The summed E-state index contributed by atoms with van der Waals surface area (Å²) in [6, 6.07) is 2.25. The Labute approximate surface area is 91.3 Å². The smallest absolute Gasteiger partial charge is 0.146 e. The molecule has 0 aromatic rings. The Morgan fingerprint density at radius 1 is 1.27 bits per heavy atom. The number of rotatable bonds is 2. The van der Waals surface area contributed by atoms with Crippen molar-refractivity contribution in [2.24, 2.45) is 11.3 Å². The molecule has 0 amide bonds. The lowest BCUT2D eigenvalue weighted by molar-refractivity contribution is -0.0231. The van der Waals surface area contributed by atoms with Crippen molar-refractivity contribution < 1.29 is 5.11 Å². The molecule has 2 heteroatoms. The molecule has 2 aliphatic carbocycles. The van der Waals surface area contributed by atoms with Gasteiger partial charge in [-0.3, -0.25) is 0 Å². The molecule has 2 nitrogen and oxygen atoms in total. The first-order valence-corrected chi connectivity index (χ1v) is 5.80. The van der Waals surface area contributed by atoms with Gasteiger partial charge < -0.3 is 5.11 Å². The van der Waals surface area contributed by atoms with E-state index in [9.17, 15) is 5.11 Å². The minimum Gasteiger partial charge on any atom is -0.376 e. The second-order valence-electron chi connectivity index (χ2n) is 4.94. The summed E-state index contributed by atoms with van der Waals surface area (Å²) in [5.74, 6) is 2.67. The number of hydrogen-bond donors (Lipinski definition) is 1. The van der Waals surface area contributed by atoms with Gasteiger partial charge in [0.2, 0.25) is 0 Å². The molecule has 1 atom stereocenters. The van der Waals surface area contributed by atoms with E-state index in [1.165, 1.54) is 6.42 Å². The summed E-state index contributed by atoms with van der Waals surface area (Å²) < 4.78 is 0. The zero-order valence-corrected chi connectivity index (χ0v) is 9.00. The zero-order valence-electron chi connectivity index (χ0n) is 9.00. The second kappa shape index (κ2) is 3.54. The average molecular weight is 203 g/mol. The van der Waals surface area contributed by atoms with Gasteiger partial charge in [0.05, 0.1) is 11.5 Å². The summed E-state index contributed by atoms with van der Waals surface area (Å²) >= 11 is 0. The topological polar surface area (TPSA) is 44.0 Å². The van der Waals surface area contributed by atoms with Crippen LogP contribution in [0.3, 0.4) is 0 Å². The van der Waals surface area contributed by atoms with E-state index < -0.39 is 11.0 Å². The van der Waals surface area contributed by atoms with Crippen LogP contribution in [0.1, 0.15) is 44.9 Å². The van der Waals surface area contributed by atoms with E-state index in [0.29, 0.717) is 0 Å². The van der Waals surface area contributed by atoms with Crippen LogP contribution in [-0.4, -0.2) is 10.7 Å². The third-order valence-electron chi connectivity index (χ3n) is 4.11. The molecule has 2 fully saturated rings. The van der Waals surface area contributed by atoms with Crippen molar-refractivity contribution in [1.82, 2.24) is 0 Å². The van der Waals surface area contributed by atoms with Gasteiger partial charge in [-0.1, -0.05) is 25.2 Å². The third kappa shape index (κ3) is 1.45. The molecule has 0 heterocycles. The molecule has 1 N–H and O–H groups in total. The van der Waals surface area contributed by atoms with Crippen LogP contribution in [0.4, 0.5) is 0 Å². The molecule has 0 radical (unpaired) electrons. The van der Waals surface area contributed by atoms with E-state index in [1.807, 2.05) is 0 Å². The van der Waals surface area contributed by atoms with Gasteiger partial charge in [0.1, 0.15) is 5.60 Å². The van der Waals surface area contributed by atoms with Gasteiger partial charge in [-0.05, 0) is 25.7 Å². The largest absolute Gasteiger partial charge is 0.376 e. The van der Waals surface area contributed by atoms with E-state index in [-0.39, 0.29) is 5.92 Å². The normalized spacial score (nSPS) is 28.5. The van der Waals surface area contributed by atoms with Crippen molar-refractivity contribution in [1.29, 1.82) is 5.26 Å². The Kier molecular flexibility index (Phi) is 2.49. The summed E-state index contributed by atoms with van der Waals surface area (Å²) in [6.07, 6.45) is 12.5. The maximum Gasteiger partial charge on any atom is 0.146 e. The number of nitriles is 1. The van der Waals surface area contributed by atoms with Crippen molar-refractivity contribution in [2.75, 3.05) is 0 Å². The fraction of sp³-hybridized carbons (Fsp3) is 0.769. The Balaban J connectivity index is 2.22. The predicted molar refractivity (Wildman–Crippen MR) is 57.6 cm³/mol. The van der Waals surface area contributed by atoms with Crippen molar-refractivity contribution in [3.63, 3.8) is 0 Å². The highest BCUT2D eigenvalue weighted by atomic mass is 16.3. The quantitative estimate of drug-likeness (QED) is 0.699. The molecule has 2 aliphatic rings.